The molecule has 0 aromatic rings. The van der Waals surface area contributed by atoms with Gasteiger partial charge in [-0.2, -0.15) is 0 Å². The van der Waals surface area contributed by atoms with Crippen molar-refractivity contribution in [1.29, 1.82) is 0 Å². The van der Waals surface area contributed by atoms with Crippen LogP contribution in [0.1, 0.15) is 13.3 Å². The van der Waals surface area contributed by atoms with Crippen LogP contribution in [0.3, 0.4) is 0 Å². The van der Waals surface area contributed by atoms with Gasteiger partial charge in [0.1, 0.15) is 0 Å². The highest BCUT2D eigenvalue weighted by Gasteiger charge is 2.24. The molecule has 1 N–H and O–H groups in total. The highest BCUT2D eigenvalue weighted by Crippen LogP contribution is 2.10. The van der Waals surface area contributed by atoms with Gasteiger partial charge in [0, 0.05) is 6.54 Å². The third-order valence-electron chi connectivity index (χ3n) is 2.52. The average Bonchev–Trinajstić information content (AvgIpc) is 2.25. The molecular weight excluding hydrogens is 208 g/mol. The molecule has 0 radical (unpaired) electrons. The molecule has 5 nitrogen and oxygen atoms in total. The summed E-state index contributed by atoms with van der Waals surface area (Å²) in [4.78, 5) is 13.8. The van der Waals surface area contributed by atoms with E-state index in [0.29, 0.717) is 19.8 Å². The highest BCUT2D eigenvalue weighted by atomic mass is 16.7. The topological polar surface area (TPSA) is 50.8 Å². The molecule has 5 heteroatoms. The minimum atomic E-state index is -0.183. The summed E-state index contributed by atoms with van der Waals surface area (Å²) < 4.78 is 10.5. The van der Waals surface area contributed by atoms with Crippen LogP contribution < -0.4 is 5.32 Å². The minimum Gasteiger partial charge on any atom is -0.356 e. The lowest BCUT2D eigenvalue weighted by atomic mass is 10.1. The molecular formula is C11H22N2O3. The number of nitrogens with one attached hydrogen (secondary N) is 1. The number of hydrogen-bond donors (Lipinski definition) is 1. The lowest BCUT2D eigenvalue weighted by molar-refractivity contribution is -0.192. The molecule has 1 amide bonds. The van der Waals surface area contributed by atoms with Crippen molar-refractivity contribution in [3.05, 3.63) is 0 Å². The summed E-state index contributed by atoms with van der Waals surface area (Å²) in [6.45, 7) is 4.45. The van der Waals surface area contributed by atoms with Crippen molar-refractivity contribution in [3.8, 4) is 0 Å². The Morgan fingerprint density at radius 1 is 1.38 bits per heavy atom. The van der Waals surface area contributed by atoms with Gasteiger partial charge in [0.05, 0.1) is 19.1 Å². The average molecular weight is 230 g/mol. The van der Waals surface area contributed by atoms with Gasteiger partial charge in [0.15, 0.2) is 6.29 Å². The van der Waals surface area contributed by atoms with Crippen LogP contribution in [0.2, 0.25) is 0 Å². The van der Waals surface area contributed by atoms with Gasteiger partial charge < -0.3 is 19.7 Å². The third-order valence-corrected chi connectivity index (χ3v) is 2.52. The second kappa shape index (κ2) is 6.83. The molecule has 0 unspecified atom stereocenters. The molecule has 1 aliphatic heterocycles. The van der Waals surface area contributed by atoms with Crippen LogP contribution in [0.5, 0.6) is 0 Å². The van der Waals surface area contributed by atoms with E-state index in [2.05, 4.69) is 10.2 Å². The Balaban J connectivity index is 2.10. The van der Waals surface area contributed by atoms with Crippen molar-refractivity contribution in [2.24, 2.45) is 5.92 Å². The summed E-state index contributed by atoms with van der Waals surface area (Å²) in [7, 11) is 4.04. The van der Waals surface area contributed by atoms with Gasteiger partial charge in [-0.15, -0.1) is 0 Å². The zero-order valence-electron chi connectivity index (χ0n) is 10.4. The Morgan fingerprint density at radius 2 is 2.00 bits per heavy atom. The van der Waals surface area contributed by atoms with Crippen LogP contribution in [0.4, 0.5) is 0 Å². The number of carbonyl (C=O) groups excluding carboxylic acids is 1. The van der Waals surface area contributed by atoms with Gasteiger partial charge in [0.25, 0.3) is 0 Å². The number of nitrogens with zero attached hydrogens (tertiary/aromatic N) is 1. The van der Waals surface area contributed by atoms with E-state index in [-0.39, 0.29) is 18.1 Å². The summed E-state index contributed by atoms with van der Waals surface area (Å²) in [6, 6.07) is 0. The fourth-order valence-electron chi connectivity index (χ4n) is 1.50. The zero-order valence-corrected chi connectivity index (χ0v) is 10.4. The predicted molar refractivity (Wildman–Crippen MR) is 61.0 cm³/mol. The molecule has 0 aliphatic carbocycles. The maximum atomic E-state index is 11.7. The summed E-state index contributed by atoms with van der Waals surface area (Å²) in [5.74, 6) is -0.124. The molecule has 1 aliphatic rings. The van der Waals surface area contributed by atoms with Gasteiger partial charge in [-0.3, -0.25) is 4.79 Å². The quantitative estimate of drug-likeness (QED) is 0.679. The monoisotopic (exact) mass is 230 g/mol. The van der Waals surface area contributed by atoms with Crippen LogP contribution in [-0.2, 0) is 14.3 Å². The van der Waals surface area contributed by atoms with Crippen molar-refractivity contribution in [3.63, 3.8) is 0 Å². The number of hydrogen-bond acceptors (Lipinski definition) is 4. The second-order valence-electron chi connectivity index (χ2n) is 4.38. The Kier molecular flexibility index (Phi) is 5.73. The van der Waals surface area contributed by atoms with Gasteiger partial charge >= 0.3 is 0 Å². The first-order valence-corrected chi connectivity index (χ1v) is 5.75. The molecule has 0 spiro atoms. The maximum absolute atomic E-state index is 11.7. The maximum Gasteiger partial charge on any atom is 0.227 e. The smallest absolute Gasteiger partial charge is 0.227 e. The van der Waals surface area contributed by atoms with Gasteiger partial charge in [-0.25, -0.2) is 0 Å². The fourth-order valence-corrected chi connectivity index (χ4v) is 1.50. The van der Waals surface area contributed by atoms with Crippen molar-refractivity contribution in [1.82, 2.24) is 10.2 Å². The molecule has 0 saturated carbocycles. The summed E-state index contributed by atoms with van der Waals surface area (Å²) in [5.41, 5.74) is 0. The van der Waals surface area contributed by atoms with Crippen LogP contribution in [0.15, 0.2) is 0 Å². The molecule has 1 fully saturated rings. The van der Waals surface area contributed by atoms with Crippen LogP contribution in [0, 0.1) is 5.92 Å². The number of ether oxygens (including phenoxy) is 2. The van der Waals surface area contributed by atoms with Crippen LogP contribution in [-0.4, -0.2) is 57.5 Å². The number of carbonyl (C=O) groups is 1. The number of amides is 1. The minimum absolute atomic E-state index is 0.0330. The Morgan fingerprint density at radius 3 is 2.56 bits per heavy atom. The van der Waals surface area contributed by atoms with E-state index < -0.39 is 0 Å². The molecule has 0 bridgehead atoms. The second-order valence-corrected chi connectivity index (χ2v) is 4.38. The molecule has 16 heavy (non-hydrogen) atoms. The molecule has 0 aromatic heterocycles. The normalized spacial score (nSPS) is 25.8. The standard InChI is InChI=1S/C11H22N2O3/c1-9-15-7-10(8-16-9)11(14)12-5-4-6-13(2)3/h9-10H,4-8H2,1-3H3,(H,12,14). The Labute approximate surface area is 97.1 Å². The van der Waals surface area contributed by atoms with Gasteiger partial charge in [-0.1, -0.05) is 0 Å². The van der Waals surface area contributed by atoms with E-state index in [9.17, 15) is 4.79 Å². The fraction of sp³-hybridized carbons (Fsp3) is 0.909. The first-order valence-electron chi connectivity index (χ1n) is 5.75. The Bertz CT molecular complexity index is 213. The third kappa shape index (κ3) is 4.92. The number of rotatable bonds is 5. The van der Waals surface area contributed by atoms with E-state index in [4.69, 9.17) is 9.47 Å². The lowest BCUT2D eigenvalue weighted by Crippen LogP contribution is -2.41. The van der Waals surface area contributed by atoms with Crippen LogP contribution >= 0.6 is 0 Å². The van der Waals surface area contributed by atoms with Crippen molar-refractivity contribution < 1.29 is 14.3 Å². The zero-order chi connectivity index (χ0) is 12.0. The molecule has 94 valence electrons. The first kappa shape index (κ1) is 13.4. The van der Waals surface area contributed by atoms with E-state index in [1.54, 1.807) is 0 Å². The molecule has 1 saturated heterocycles. The largest absolute Gasteiger partial charge is 0.356 e. The van der Waals surface area contributed by atoms with Crippen molar-refractivity contribution in [2.45, 2.75) is 19.6 Å². The van der Waals surface area contributed by atoms with Crippen LogP contribution in [0.25, 0.3) is 0 Å². The van der Waals surface area contributed by atoms with E-state index in [1.165, 1.54) is 0 Å². The van der Waals surface area contributed by atoms with E-state index in [1.807, 2.05) is 21.0 Å². The highest BCUT2D eigenvalue weighted by molar-refractivity contribution is 5.78. The first-order chi connectivity index (χ1) is 7.59. The molecule has 1 heterocycles. The lowest BCUT2D eigenvalue weighted by Gasteiger charge is -2.26. The summed E-state index contributed by atoms with van der Waals surface area (Å²) in [5, 5.41) is 2.90. The van der Waals surface area contributed by atoms with E-state index in [0.717, 1.165) is 13.0 Å². The predicted octanol–water partition coefficient (Wildman–Crippen LogP) is 0.0633. The summed E-state index contributed by atoms with van der Waals surface area (Å²) >= 11 is 0. The SMILES string of the molecule is CC1OCC(C(=O)NCCCN(C)C)CO1. The molecule has 0 atom stereocenters. The van der Waals surface area contributed by atoms with Gasteiger partial charge in [0.2, 0.25) is 5.91 Å². The van der Waals surface area contributed by atoms with E-state index >= 15 is 0 Å². The van der Waals surface area contributed by atoms with Gasteiger partial charge in [-0.05, 0) is 34.0 Å². The van der Waals surface area contributed by atoms with Crippen molar-refractivity contribution >= 4 is 5.91 Å². The van der Waals surface area contributed by atoms with Crippen molar-refractivity contribution in [2.75, 3.05) is 40.4 Å². The molecule has 0 aromatic carbocycles. The Hall–Kier alpha value is -0.650. The summed E-state index contributed by atoms with van der Waals surface area (Å²) in [6.07, 6.45) is 0.779. The molecule has 1 rings (SSSR count).